The van der Waals surface area contributed by atoms with Gasteiger partial charge in [-0.15, -0.1) is 0 Å². The van der Waals surface area contributed by atoms with Gasteiger partial charge in [-0.2, -0.15) is 0 Å². The average Bonchev–Trinajstić information content (AvgIpc) is 3.19. The molecule has 4 aliphatic rings. The number of cyclic esters (lactones) is 1. The van der Waals surface area contributed by atoms with Crippen molar-refractivity contribution in [2.75, 3.05) is 13.1 Å². The molecule has 1 atom stereocenters. The molecular formula is C26H26FN3O4. The lowest BCUT2D eigenvalue weighted by Gasteiger charge is -2.47. The molecular weight excluding hydrogens is 437 g/mol. The van der Waals surface area contributed by atoms with E-state index in [1.54, 1.807) is 10.6 Å². The van der Waals surface area contributed by atoms with Gasteiger partial charge >= 0.3 is 5.97 Å². The Morgan fingerprint density at radius 3 is 2.68 bits per heavy atom. The van der Waals surface area contributed by atoms with Crippen LogP contribution in [-0.2, 0) is 34.5 Å². The number of esters is 1. The van der Waals surface area contributed by atoms with Crippen LogP contribution in [0, 0.1) is 12.7 Å². The van der Waals surface area contributed by atoms with Gasteiger partial charge < -0.3 is 19.7 Å². The normalized spacial score (nSPS) is 20.6. The van der Waals surface area contributed by atoms with Crippen molar-refractivity contribution >= 4 is 16.9 Å². The Labute approximate surface area is 195 Å². The van der Waals surface area contributed by atoms with E-state index >= 15 is 0 Å². The summed E-state index contributed by atoms with van der Waals surface area (Å²) in [6, 6.07) is 3.17. The standard InChI is InChI=1S/C24H20FN3O4.C2H6/c1-10-11-2-3-24(8-26-9-24)19-13-6-28-17(20(13)27-16(18(11)19)5-15(10)25)4-12-14(22(28)30)7-32-23(31)21(12)29;1-2/h4-5,21,26,29H,2-3,6-9H2,1H3;1-2H3. The van der Waals surface area contributed by atoms with Crippen LogP contribution < -0.4 is 10.9 Å². The van der Waals surface area contributed by atoms with Gasteiger partial charge in [-0.1, -0.05) is 13.8 Å². The second-order valence-electron chi connectivity index (χ2n) is 9.42. The summed E-state index contributed by atoms with van der Waals surface area (Å²) in [5, 5.41) is 14.8. The largest absolute Gasteiger partial charge is 0.458 e. The van der Waals surface area contributed by atoms with E-state index in [0.29, 0.717) is 34.6 Å². The van der Waals surface area contributed by atoms with E-state index in [1.807, 2.05) is 20.8 Å². The molecule has 8 heteroatoms. The number of carbonyl (C=O) groups is 1. The minimum absolute atomic E-state index is 0.0492. The number of carbonyl (C=O) groups excluding carboxylic acids is 1. The van der Waals surface area contributed by atoms with Gasteiger partial charge in [0.1, 0.15) is 12.4 Å². The van der Waals surface area contributed by atoms with Gasteiger partial charge in [0.05, 0.1) is 29.0 Å². The molecule has 2 N–H and O–H groups in total. The summed E-state index contributed by atoms with van der Waals surface area (Å²) >= 11 is 0. The number of nitrogens with one attached hydrogen (secondary N) is 1. The Kier molecular flexibility index (Phi) is 4.54. The van der Waals surface area contributed by atoms with E-state index < -0.39 is 12.1 Å². The van der Waals surface area contributed by atoms with Gasteiger partial charge in [0, 0.05) is 41.1 Å². The molecule has 1 spiro atoms. The quantitative estimate of drug-likeness (QED) is 0.390. The fourth-order valence-electron chi connectivity index (χ4n) is 6.10. The maximum absolute atomic E-state index is 14.8. The first kappa shape index (κ1) is 21.4. The van der Waals surface area contributed by atoms with Crippen molar-refractivity contribution < 1.29 is 19.0 Å². The van der Waals surface area contributed by atoms with Crippen molar-refractivity contribution in [1.82, 2.24) is 14.9 Å². The van der Waals surface area contributed by atoms with E-state index in [4.69, 9.17) is 9.72 Å². The minimum atomic E-state index is -1.49. The number of fused-ring (bicyclic) bond motifs is 6. The number of rotatable bonds is 0. The fraction of sp³-hybridized carbons (Fsp3) is 0.423. The third-order valence-corrected chi connectivity index (χ3v) is 7.88. The van der Waals surface area contributed by atoms with Crippen LogP contribution in [-0.4, -0.2) is 33.7 Å². The highest BCUT2D eigenvalue weighted by atomic mass is 19.1. The number of aliphatic hydroxyl groups excluding tert-OH is 1. The Hall–Kier alpha value is -3.10. The van der Waals surface area contributed by atoms with Gasteiger partial charge in [0.25, 0.3) is 5.56 Å². The highest BCUT2D eigenvalue weighted by molar-refractivity contribution is 5.94. The summed E-state index contributed by atoms with van der Waals surface area (Å²) in [4.78, 5) is 30.0. The monoisotopic (exact) mass is 463 g/mol. The van der Waals surface area contributed by atoms with Crippen molar-refractivity contribution in [2.24, 2.45) is 0 Å². The van der Waals surface area contributed by atoms with Crippen LogP contribution in [0.25, 0.3) is 22.3 Å². The number of nitrogens with zero attached hydrogens (tertiary/aromatic N) is 2. The fourth-order valence-corrected chi connectivity index (χ4v) is 6.10. The zero-order valence-corrected chi connectivity index (χ0v) is 19.4. The van der Waals surface area contributed by atoms with Gasteiger partial charge in [-0.05, 0) is 42.5 Å². The first-order chi connectivity index (χ1) is 16.4. The molecule has 7 rings (SSSR count). The number of aliphatic hydroxyl groups is 1. The number of hydrogen-bond acceptors (Lipinski definition) is 6. The smallest absolute Gasteiger partial charge is 0.340 e. The molecule has 34 heavy (non-hydrogen) atoms. The van der Waals surface area contributed by atoms with E-state index in [-0.39, 0.29) is 29.0 Å². The van der Waals surface area contributed by atoms with Gasteiger partial charge in [-0.3, -0.25) is 4.79 Å². The Morgan fingerprint density at radius 1 is 1.21 bits per heavy atom. The molecule has 3 aliphatic heterocycles. The average molecular weight is 464 g/mol. The molecule has 0 saturated carbocycles. The SMILES string of the molecule is CC.Cc1c(F)cc2nc3c(c4c2c1CCC41CNC1)Cn1c-3cc2c(c1=O)COC(=O)C2O. The third-order valence-electron chi connectivity index (χ3n) is 7.88. The zero-order chi connectivity index (χ0) is 23.9. The number of benzene rings is 1. The number of aryl methyl sites for hydroxylation is 1. The molecule has 1 unspecified atom stereocenters. The number of aromatic nitrogens is 2. The second-order valence-corrected chi connectivity index (χ2v) is 9.42. The first-order valence-electron chi connectivity index (χ1n) is 11.9. The van der Waals surface area contributed by atoms with E-state index in [2.05, 4.69) is 5.32 Å². The van der Waals surface area contributed by atoms with Crippen LogP contribution in [0.5, 0.6) is 0 Å². The molecule has 1 fully saturated rings. The number of ether oxygens (including phenoxy) is 1. The Balaban J connectivity index is 0.00000106. The van der Waals surface area contributed by atoms with Gasteiger partial charge in [-0.25, -0.2) is 14.2 Å². The topological polar surface area (TPSA) is 93.5 Å². The molecule has 3 aromatic rings. The first-order valence-corrected chi connectivity index (χ1v) is 11.9. The highest BCUT2D eigenvalue weighted by Gasteiger charge is 2.46. The lowest BCUT2D eigenvalue weighted by molar-refractivity contribution is -0.157. The summed E-state index contributed by atoms with van der Waals surface area (Å²) < 4.78 is 21.4. The third kappa shape index (κ3) is 2.55. The number of halogens is 1. The summed E-state index contributed by atoms with van der Waals surface area (Å²) in [7, 11) is 0. The molecule has 1 aliphatic carbocycles. The van der Waals surface area contributed by atoms with Crippen LogP contribution in [0.3, 0.4) is 0 Å². The second kappa shape index (κ2) is 7.20. The Morgan fingerprint density at radius 2 is 1.97 bits per heavy atom. The molecule has 0 amide bonds. The molecule has 7 nitrogen and oxygen atoms in total. The lowest BCUT2D eigenvalue weighted by atomic mass is 9.64. The van der Waals surface area contributed by atoms with E-state index in [1.165, 1.54) is 11.6 Å². The predicted octanol–water partition coefficient (Wildman–Crippen LogP) is 2.78. The molecule has 2 aromatic heterocycles. The zero-order valence-electron chi connectivity index (χ0n) is 19.4. The maximum atomic E-state index is 14.8. The lowest BCUT2D eigenvalue weighted by Crippen LogP contribution is -2.58. The number of pyridine rings is 2. The maximum Gasteiger partial charge on any atom is 0.340 e. The van der Waals surface area contributed by atoms with Crippen molar-refractivity contribution in [3.05, 3.63) is 61.7 Å². The molecule has 1 saturated heterocycles. The van der Waals surface area contributed by atoms with Crippen LogP contribution in [0.1, 0.15) is 59.8 Å². The van der Waals surface area contributed by atoms with E-state index in [9.17, 15) is 19.1 Å². The summed E-state index contributed by atoms with van der Waals surface area (Å²) in [6.45, 7) is 7.74. The molecule has 5 heterocycles. The molecule has 1 aromatic carbocycles. The van der Waals surface area contributed by atoms with Crippen molar-refractivity contribution in [3.8, 4) is 11.4 Å². The summed E-state index contributed by atoms with van der Waals surface area (Å²) in [5.74, 6) is -1.03. The summed E-state index contributed by atoms with van der Waals surface area (Å²) in [5.41, 5.74) is 5.90. The molecule has 0 radical (unpaired) electrons. The van der Waals surface area contributed by atoms with Crippen LogP contribution in [0.4, 0.5) is 4.39 Å². The highest BCUT2D eigenvalue weighted by Crippen LogP contribution is 2.49. The Bertz CT molecular complexity index is 1470. The van der Waals surface area contributed by atoms with Gasteiger partial charge in [0.15, 0.2) is 6.10 Å². The van der Waals surface area contributed by atoms with Crippen molar-refractivity contribution in [2.45, 2.75) is 58.3 Å². The van der Waals surface area contributed by atoms with Crippen LogP contribution in [0.15, 0.2) is 16.9 Å². The van der Waals surface area contributed by atoms with Crippen LogP contribution in [0.2, 0.25) is 0 Å². The minimum Gasteiger partial charge on any atom is -0.458 e. The number of hydrogen-bond donors (Lipinski definition) is 2. The summed E-state index contributed by atoms with van der Waals surface area (Å²) in [6.07, 6.45) is 0.238. The van der Waals surface area contributed by atoms with Gasteiger partial charge in [0.2, 0.25) is 0 Å². The van der Waals surface area contributed by atoms with Crippen LogP contribution >= 0.6 is 0 Å². The molecule has 176 valence electrons. The molecule has 0 bridgehead atoms. The van der Waals surface area contributed by atoms with Crippen molar-refractivity contribution in [3.63, 3.8) is 0 Å². The van der Waals surface area contributed by atoms with Crippen molar-refractivity contribution in [1.29, 1.82) is 0 Å². The predicted molar refractivity (Wildman–Crippen MR) is 124 cm³/mol. The van der Waals surface area contributed by atoms with E-state index in [0.717, 1.165) is 42.4 Å².